The number of hydrogen-bond donors (Lipinski definition) is 0. The van der Waals surface area contributed by atoms with Crippen LogP contribution in [0.4, 0.5) is 4.39 Å². The van der Waals surface area contributed by atoms with Gasteiger partial charge in [0.25, 0.3) is 11.5 Å². The summed E-state index contributed by atoms with van der Waals surface area (Å²) in [6.45, 7) is 5.74. The summed E-state index contributed by atoms with van der Waals surface area (Å²) in [5, 5.41) is 9.96. The number of nitrogens with zero attached hydrogens (tertiary/aromatic N) is 3. The van der Waals surface area contributed by atoms with E-state index < -0.39 is 5.91 Å². The van der Waals surface area contributed by atoms with Gasteiger partial charge >= 0.3 is 0 Å². The lowest BCUT2D eigenvalue weighted by molar-refractivity contribution is -0.128. The van der Waals surface area contributed by atoms with Crippen LogP contribution in [-0.2, 0) is 9.53 Å². The van der Waals surface area contributed by atoms with Crippen molar-refractivity contribution in [2.24, 2.45) is 0 Å². The van der Waals surface area contributed by atoms with Gasteiger partial charge in [-0.05, 0) is 47.4 Å². The topological polar surface area (TPSA) is 75.3 Å². The molecule has 0 N–H and O–H groups in total. The van der Waals surface area contributed by atoms with E-state index in [4.69, 9.17) is 4.74 Å². The normalized spacial score (nSPS) is 15.4. The molecule has 1 saturated heterocycles. The highest BCUT2D eigenvalue weighted by atomic mass is 32.1. The highest BCUT2D eigenvalue weighted by Crippen LogP contribution is 2.16. The third kappa shape index (κ3) is 4.86. The molecule has 0 radical (unpaired) electrons. The summed E-state index contributed by atoms with van der Waals surface area (Å²) in [4.78, 5) is 28.3. The molecule has 0 aliphatic carbocycles. The van der Waals surface area contributed by atoms with E-state index in [1.54, 1.807) is 23.1 Å². The van der Waals surface area contributed by atoms with Crippen LogP contribution in [0.1, 0.15) is 30.9 Å². The van der Waals surface area contributed by atoms with Crippen LogP contribution in [0.3, 0.4) is 0 Å². The van der Waals surface area contributed by atoms with E-state index in [0.29, 0.717) is 48.0 Å². The quantitative estimate of drug-likeness (QED) is 0.579. The summed E-state index contributed by atoms with van der Waals surface area (Å²) in [6.07, 6.45) is 1.64. The summed E-state index contributed by atoms with van der Waals surface area (Å²) in [5.74, 6) is -0.477. The standard InChI is InChI=1S/C26H24FN3O3S/c1-17(2)19-5-9-21(10-6-19)30-25(32)23(15-18-3-7-20(27)8-4-18)34-26(30)22(16-28)24(31)29-11-13-33-14-12-29/h3-10,15,17H,11-14H2,1-2H3/b23-15+,26-22-. The molecule has 1 aliphatic heterocycles. The predicted molar refractivity (Wildman–Crippen MR) is 130 cm³/mol. The zero-order valence-electron chi connectivity index (χ0n) is 19.0. The first-order valence-electron chi connectivity index (χ1n) is 11.0. The molecular weight excluding hydrogens is 453 g/mol. The first-order valence-corrected chi connectivity index (χ1v) is 11.8. The molecule has 3 aromatic rings. The molecule has 34 heavy (non-hydrogen) atoms. The molecule has 4 rings (SSSR count). The van der Waals surface area contributed by atoms with E-state index in [2.05, 4.69) is 13.8 Å². The summed E-state index contributed by atoms with van der Waals surface area (Å²) in [5.41, 5.74) is 1.90. The number of amides is 1. The van der Waals surface area contributed by atoms with Gasteiger partial charge in [-0.25, -0.2) is 4.39 Å². The Bertz CT molecular complexity index is 1410. The number of ether oxygens (including phenoxy) is 1. The van der Waals surface area contributed by atoms with Crippen LogP contribution >= 0.6 is 11.3 Å². The van der Waals surface area contributed by atoms with Gasteiger partial charge in [-0.3, -0.25) is 14.2 Å². The van der Waals surface area contributed by atoms with Crippen LogP contribution < -0.4 is 14.8 Å². The van der Waals surface area contributed by atoms with Gasteiger partial charge in [0, 0.05) is 13.1 Å². The van der Waals surface area contributed by atoms with E-state index in [1.165, 1.54) is 16.7 Å². The van der Waals surface area contributed by atoms with E-state index in [1.807, 2.05) is 30.3 Å². The van der Waals surface area contributed by atoms with E-state index in [0.717, 1.165) is 16.9 Å². The van der Waals surface area contributed by atoms with Gasteiger partial charge in [0.2, 0.25) is 0 Å². The minimum absolute atomic E-state index is 0.0873. The third-order valence-electron chi connectivity index (χ3n) is 5.65. The molecule has 6 nitrogen and oxygen atoms in total. The fourth-order valence-electron chi connectivity index (χ4n) is 3.71. The maximum atomic E-state index is 13.5. The van der Waals surface area contributed by atoms with Gasteiger partial charge in [-0.15, -0.1) is 11.3 Å². The van der Waals surface area contributed by atoms with Crippen molar-refractivity contribution in [2.75, 3.05) is 26.3 Å². The lowest BCUT2D eigenvalue weighted by Crippen LogP contribution is -2.42. The molecule has 0 bridgehead atoms. The Balaban J connectivity index is 1.96. The molecule has 0 atom stereocenters. The SMILES string of the molecule is CC(C)c1ccc(-n2c(=O)/c(=C\c3ccc(F)cc3)s/c2=C(/C#N)C(=O)N2CCOCC2)cc1. The van der Waals surface area contributed by atoms with E-state index in [-0.39, 0.29) is 21.6 Å². The number of aromatic nitrogens is 1. The van der Waals surface area contributed by atoms with Crippen molar-refractivity contribution in [3.8, 4) is 11.8 Å². The lowest BCUT2D eigenvalue weighted by atomic mass is 10.0. The first kappa shape index (κ1) is 23.6. The van der Waals surface area contributed by atoms with Crippen LogP contribution in [0.2, 0.25) is 0 Å². The fourth-order valence-corrected chi connectivity index (χ4v) is 4.81. The molecule has 2 aromatic carbocycles. The maximum Gasteiger partial charge on any atom is 0.273 e. The smallest absolute Gasteiger partial charge is 0.273 e. The van der Waals surface area contributed by atoms with Crippen LogP contribution in [0.5, 0.6) is 0 Å². The molecule has 8 heteroatoms. The number of carbonyl (C=O) groups excluding carboxylic acids is 1. The molecule has 1 amide bonds. The maximum absolute atomic E-state index is 13.5. The second-order valence-electron chi connectivity index (χ2n) is 8.25. The molecule has 2 heterocycles. The molecule has 1 aliphatic rings. The number of morpholine rings is 1. The number of hydrogen-bond acceptors (Lipinski definition) is 5. The Morgan fingerprint density at radius 3 is 2.35 bits per heavy atom. The second kappa shape index (κ2) is 10.2. The van der Waals surface area contributed by atoms with Crippen LogP contribution in [-0.4, -0.2) is 41.7 Å². The summed E-state index contributed by atoms with van der Waals surface area (Å²) >= 11 is 1.08. The average molecular weight is 478 g/mol. The van der Waals surface area contributed by atoms with E-state index in [9.17, 15) is 19.2 Å². The molecule has 0 spiro atoms. The highest BCUT2D eigenvalue weighted by molar-refractivity contribution is 7.07. The summed E-state index contributed by atoms with van der Waals surface area (Å²) < 4.78 is 20.7. The van der Waals surface area contributed by atoms with Gasteiger partial charge in [0.1, 0.15) is 16.5 Å². The molecule has 0 saturated carbocycles. The van der Waals surface area contributed by atoms with Crippen LogP contribution in [0, 0.1) is 17.1 Å². The molecule has 1 aromatic heterocycles. The Labute approximate surface area is 200 Å². The number of carbonyl (C=O) groups is 1. The summed E-state index contributed by atoms with van der Waals surface area (Å²) in [7, 11) is 0. The minimum atomic E-state index is -0.423. The lowest BCUT2D eigenvalue weighted by Gasteiger charge is -2.26. The van der Waals surface area contributed by atoms with Gasteiger partial charge in [-0.2, -0.15) is 5.26 Å². The Morgan fingerprint density at radius 1 is 1.12 bits per heavy atom. The fraction of sp³-hybridized carbons (Fsp3) is 0.269. The average Bonchev–Trinajstić information content (AvgIpc) is 3.16. The van der Waals surface area contributed by atoms with Crippen molar-refractivity contribution in [1.82, 2.24) is 9.47 Å². The van der Waals surface area contributed by atoms with Crippen molar-refractivity contribution >= 4 is 28.9 Å². The highest BCUT2D eigenvalue weighted by Gasteiger charge is 2.24. The van der Waals surface area contributed by atoms with Crippen molar-refractivity contribution in [1.29, 1.82) is 5.26 Å². The van der Waals surface area contributed by atoms with Crippen molar-refractivity contribution in [3.63, 3.8) is 0 Å². The van der Waals surface area contributed by atoms with Gasteiger partial charge in [-0.1, -0.05) is 38.1 Å². The van der Waals surface area contributed by atoms with Gasteiger partial charge < -0.3 is 9.64 Å². The Morgan fingerprint density at radius 2 is 1.76 bits per heavy atom. The first-order chi connectivity index (χ1) is 16.4. The number of halogens is 1. The largest absolute Gasteiger partial charge is 0.378 e. The van der Waals surface area contributed by atoms with Crippen molar-refractivity contribution in [3.05, 3.63) is 85.0 Å². The number of thiazole rings is 1. The van der Waals surface area contributed by atoms with Crippen molar-refractivity contribution in [2.45, 2.75) is 19.8 Å². The number of rotatable bonds is 4. The second-order valence-corrected chi connectivity index (χ2v) is 9.28. The zero-order chi connectivity index (χ0) is 24.2. The van der Waals surface area contributed by atoms with E-state index >= 15 is 0 Å². The van der Waals surface area contributed by atoms with Crippen LogP contribution in [0.15, 0.2) is 53.3 Å². The van der Waals surface area contributed by atoms with Gasteiger partial charge in [0.15, 0.2) is 5.57 Å². The van der Waals surface area contributed by atoms with Crippen LogP contribution in [0.25, 0.3) is 17.3 Å². The molecular formula is C26H24FN3O3S. The van der Waals surface area contributed by atoms with Crippen molar-refractivity contribution < 1.29 is 13.9 Å². The molecule has 1 fully saturated rings. The summed E-state index contributed by atoms with van der Waals surface area (Å²) in [6, 6.07) is 15.3. The van der Waals surface area contributed by atoms with Gasteiger partial charge in [0.05, 0.1) is 23.4 Å². The Kier molecular flexibility index (Phi) is 7.06. The Hall–Kier alpha value is -3.54. The predicted octanol–water partition coefficient (Wildman–Crippen LogP) is 2.52. The number of benzene rings is 2. The monoisotopic (exact) mass is 477 g/mol. The zero-order valence-corrected chi connectivity index (χ0v) is 19.8. The third-order valence-corrected chi connectivity index (χ3v) is 6.74. The molecule has 174 valence electrons. The minimum Gasteiger partial charge on any atom is -0.378 e. The number of nitriles is 1. The molecule has 0 unspecified atom stereocenters.